The maximum absolute atomic E-state index is 11.3. The minimum Gasteiger partial charge on any atom is -0.466 e. The van der Waals surface area contributed by atoms with Gasteiger partial charge in [0.05, 0.1) is 6.61 Å². The van der Waals surface area contributed by atoms with Gasteiger partial charge in [0, 0.05) is 25.0 Å². The van der Waals surface area contributed by atoms with Crippen LogP contribution in [0.3, 0.4) is 0 Å². The average molecular weight is 295 g/mol. The molecule has 0 rings (SSSR count). The third-order valence-electron chi connectivity index (χ3n) is 1.81. The van der Waals surface area contributed by atoms with Gasteiger partial charge < -0.3 is 9.47 Å². The van der Waals surface area contributed by atoms with Crippen molar-refractivity contribution in [1.82, 2.24) is 0 Å². The summed E-state index contributed by atoms with van der Waals surface area (Å²) in [6, 6.07) is 0. The fraction of sp³-hybridized carbons (Fsp3) is 0.818. The van der Waals surface area contributed by atoms with Crippen LogP contribution in [-0.2, 0) is 19.1 Å². The average Bonchev–Trinajstić information content (AvgIpc) is 2.23. The van der Waals surface area contributed by atoms with E-state index >= 15 is 0 Å². The summed E-state index contributed by atoms with van der Waals surface area (Å²) in [5.74, 6) is -0.518. The molecule has 0 aromatic rings. The van der Waals surface area contributed by atoms with Gasteiger partial charge in [0.2, 0.25) is 0 Å². The zero-order valence-electron chi connectivity index (χ0n) is 9.67. The Hall–Kier alpha value is -0.420. The summed E-state index contributed by atoms with van der Waals surface area (Å²) < 4.78 is 9.95. The molecule has 0 aliphatic rings. The van der Waals surface area contributed by atoms with E-state index in [0.29, 0.717) is 32.7 Å². The Morgan fingerprint density at radius 3 is 2.50 bits per heavy atom. The molecule has 0 aromatic carbocycles. The molecular weight excluding hydrogens is 276 g/mol. The van der Waals surface area contributed by atoms with Crippen molar-refractivity contribution in [3.8, 4) is 0 Å². The quantitative estimate of drug-likeness (QED) is 0.268. The van der Waals surface area contributed by atoms with Gasteiger partial charge in [0.1, 0.15) is 12.2 Å². The minimum absolute atomic E-state index is 0.0810. The van der Waals surface area contributed by atoms with E-state index in [2.05, 4.69) is 20.7 Å². The third-order valence-corrected chi connectivity index (χ3v) is 2.37. The van der Waals surface area contributed by atoms with Crippen molar-refractivity contribution in [2.75, 3.05) is 25.2 Å². The van der Waals surface area contributed by atoms with Crippen LogP contribution < -0.4 is 0 Å². The molecule has 0 saturated heterocycles. The van der Waals surface area contributed by atoms with Crippen molar-refractivity contribution >= 4 is 27.7 Å². The van der Waals surface area contributed by atoms with Crippen LogP contribution in [0.15, 0.2) is 0 Å². The lowest BCUT2D eigenvalue weighted by Gasteiger charge is -2.03. The maximum Gasteiger partial charge on any atom is 0.313 e. The van der Waals surface area contributed by atoms with Crippen molar-refractivity contribution in [3.63, 3.8) is 0 Å². The van der Waals surface area contributed by atoms with Gasteiger partial charge in [0.25, 0.3) is 0 Å². The van der Waals surface area contributed by atoms with Gasteiger partial charge >= 0.3 is 5.97 Å². The van der Waals surface area contributed by atoms with E-state index in [9.17, 15) is 9.59 Å². The summed E-state index contributed by atoms with van der Waals surface area (Å²) in [6.07, 6.45) is 1.90. The fourth-order valence-electron chi connectivity index (χ4n) is 1.09. The SMILES string of the molecule is CCOC(=O)CC(=O)CCCOCCCBr. The van der Waals surface area contributed by atoms with E-state index in [-0.39, 0.29) is 12.2 Å². The number of hydrogen-bond donors (Lipinski definition) is 0. The smallest absolute Gasteiger partial charge is 0.313 e. The number of ketones is 1. The first-order chi connectivity index (χ1) is 7.70. The zero-order chi connectivity index (χ0) is 12.2. The van der Waals surface area contributed by atoms with Gasteiger partial charge in [-0.2, -0.15) is 0 Å². The molecule has 0 spiro atoms. The molecule has 0 fully saturated rings. The Morgan fingerprint density at radius 2 is 1.88 bits per heavy atom. The number of alkyl halides is 1. The summed E-state index contributed by atoms with van der Waals surface area (Å²) in [4.78, 5) is 22.2. The molecule has 4 nitrogen and oxygen atoms in total. The van der Waals surface area contributed by atoms with Crippen LogP contribution in [0, 0.1) is 0 Å². The first-order valence-corrected chi connectivity index (χ1v) is 6.63. The predicted molar refractivity (Wildman–Crippen MR) is 64.7 cm³/mol. The molecule has 5 heteroatoms. The number of hydrogen-bond acceptors (Lipinski definition) is 4. The van der Waals surface area contributed by atoms with E-state index in [1.807, 2.05) is 0 Å². The lowest BCUT2D eigenvalue weighted by atomic mass is 10.2. The van der Waals surface area contributed by atoms with Crippen molar-refractivity contribution in [2.45, 2.75) is 32.6 Å². The molecule has 0 amide bonds. The van der Waals surface area contributed by atoms with Crippen molar-refractivity contribution in [1.29, 1.82) is 0 Å². The molecule has 0 atom stereocenters. The predicted octanol–water partition coefficient (Wildman–Crippen LogP) is 2.09. The Kier molecular flexibility index (Phi) is 10.8. The Bertz CT molecular complexity index is 206. The lowest BCUT2D eigenvalue weighted by Crippen LogP contribution is -2.11. The fourth-order valence-corrected chi connectivity index (χ4v) is 1.32. The maximum atomic E-state index is 11.3. The summed E-state index contributed by atoms with van der Waals surface area (Å²) >= 11 is 3.30. The molecular formula is C11H19BrO4. The van der Waals surface area contributed by atoms with Gasteiger partial charge in [-0.15, -0.1) is 0 Å². The largest absolute Gasteiger partial charge is 0.466 e. The highest BCUT2D eigenvalue weighted by Crippen LogP contribution is 1.98. The third kappa shape index (κ3) is 10.1. The Morgan fingerprint density at radius 1 is 1.19 bits per heavy atom. The summed E-state index contributed by atoms with van der Waals surface area (Å²) in [5, 5.41) is 0.925. The van der Waals surface area contributed by atoms with Crippen molar-refractivity contribution in [3.05, 3.63) is 0 Å². The van der Waals surface area contributed by atoms with Gasteiger partial charge in [-0.1, -0.05) is 15.9 Å². The number of ether oxygens (including phenoxy) is 2. The highest BCUT2D eigenvalue weighted by molar-refractivity contribution is 9.09. The van der Waals surface area contributed by atoms with E-state index in [0.717, 1.165) is 11.8 Å². The molecule has 0 N–H and O–H groups in total. The highest BCUT2D eigenvalue weighted by Gasteiger charge is 2.09. The van der Waals surface area contributed by atoms with Gasteiger partial charge in [-0.05, 0) is 19.8 Å². The first kappa shape index (κ1) is 15.6. The second kappa shape index (κ2) is 11.1. The molecule has 0 aromatic heterocycles. The summed E-state index contributed by atoms with van der Waals surface area (Å²) in [7, 11) is 0. The van der Waals surface area contributed by atoms with Crippen LogP contribution in [0.4, 0.5) is 0 Å². The second-order valence-corrected chi connectivity index (χ2v) is 4.07. The minimum atomic E-state index is -0.437. The van der Waals surface area contributed by atoms with Gasteiger partial charge in [-0.25, -0.2) is 0 Å². The molecule has 94 valence electrons. The van der Waals surface area contributed by atoms with Crippen LogP contribution >= 0.6 is 15.9 Å². The number of carbonyl (C=O) groups is 2. The van der Waals surface area contributed by atoms with Gasteiger partial charge in [0.15, 0.2) is 0 Å². The standard InChI is InChI=1S/C11H19BrO4/c1-2-16-11(14)9-10(13)5-3-7-15-8-4-6-12/h2-9H2,1H3. The zero-order valence-corrected chi connectivity index (χ0v) is 11.3. The summed E-state index contributed by atoms with van der Waals surface area (Å²) in [6.45, 7) is 3.32. The Labute approximate surface area is 105 Å². The number of carbonyl (C=O) groups excluding carboxylic acids is 2. The number of halogens is 1. The molecule has 16 heavy (non-hydrogen) atoms. The molecule has 0 aliphatic heterocycles. The van der Waals surface area contributed by atoms with Crippen LogP contribution in [0.5, 0.6) is 0 Å². The lowest BCUT2D eigenvalue weighted by molar-refractivity contribution is -0.145. The van der Waals surface area contributed by atoms with Crippen LogP contribution in [0.1, 0.15) is 32.6 Å². The molecule has 0 bridgehead atoms. The van der Waals surface area contributed by atoms with Gasteiger partial charge in [-0.3, -0.25) is 9.59 Å². The molecule has 0 heterocycles. The normalized spacial score (nSPS) is 10.1. The second-order valence-electron chi connectivity index (χ2n) is 3.28. The van der Waals surface area contributed by atoms with E-state index in [4.69, 9.17) is 4.74 Å². The van der Waals surface area contributed by atoms with E-state index < -0.39 is 5.97 Å². The van der Waals surface area contributed by atoms with E-state index in [1.165, 1.54) is 0 Å². The van der Waals surface area contributed by atoms with E-state index in [1.54, 1.807) is 6.92 Å². The van der Waals surface area contributed by atoms with Crippen LogP contribution in [0.2, 0.25) is 0 Å². The monoisotopic (exact) mass is 294 g/mol. The molecule has 0 radical (unpaired) electrons. The topological polar surface area (TPSA) is 52.6 Å². The van der Waals surface area contributed by atoms with Crippen molar-refractivity contribution in [2.24, 2.45) is 0 Å². The highest BCUT2D eigenvalue weighted by atomic mass is 79.9. The molecule has 0 aliphatic carbocycles. The number of esters is 1. The van der Waals surface area contributed by atoms with Crippen LogP contribution in [0.25, 0.3) is 0 Å². The number of rotatable bonds is 10. The molecule has 0 unspecified atom stereocenters. The van der Waals surface area contributed by atoms with Crippen LogP contribution in [-0.4, -0.2) is 36.9 Å². The van der Waals surface area contributed by atoms with Crippen molar-refractivity contribution < 1.29 is 19.1 Å². The molecule has 0 saturated carbocycles. The first-order valence-electron chi connectivity index (χ1n) is 5.51. The number of Topliss-reactive ketones (excluding diaryl/α,β-unsaturated/α-hetero) is 1. The Balaban J connectivity index is 3.33. The summed E-state index contributed by atoms with van der Waals surface area (Å²) in [5.41, 5.74) is 0.